The van der Waals surface area contributed by atoms with Crippen molar-refractivity contribution in [1.82, 2.24) is 10.1 Å². The van der Waals surface area contributed by atoms with Gasteiger partial charge in [-0.15, -0.1) is 0 Å². The van der Waals surface area contributed by atoms with Crippen LogP contribution >= 0.6 is 0 Å². The lowest BCUT2D eigenvalue weighted by atomic mass is 10.1. The van der Waals surface area contributed by atoms with Gasteiger partial charge in [0.25, 0.3) is 0 Å². The molecule has 0 fully saturated rings. The molecule has 2 unspecified atom stereocenters. The van der Waals surface area contributed by atoms with E-state index in [2.05, 4.69) is 10.1 Å². The van der Waals surface area contributed by atoms with E-state index in [1.54, 1.807) is 0 Å². The van der Waals surface area contributed by atoms with E-state index in [0.29, 0.717) is 18.3 Å². The quantitative estimate of drug-likeness (QED) is 0.747. The second-order valence-corrected chi connectivity index (χ2v) is 5.90. The Morgan fingerprint density at radius 2 is 1.75 bits per heavy atom. The third-order valence-electron chi connectivity index (χ3n) is 3.98. The third kappa shape index (κ3) is 3.81. The molecule has 0 aliphatic carbocycles. The van der Waals surface area contributed by atoms with Crippen LogP contribution in [0.4, 0.5) is 0 Å². The lowest BCUT2D eigenvalue weighted by Gasteiger charge is -2.09. The second kappa shape index (κ2) is 7.27. The number of nitrogens with two attached hydrogens (primary N) is 1. The minimum absolute atomic E-state index is 0.0317. The smallest absolute Gasteiger partial charge is 0.231 e. The van der Waals surface area contributed by atoms with Crippen LogP contribution in [-0.2, 0) is 6.61 Å². The lowest BCUT2D eigenvalue weighted by molar-refractivity contribution is 0.306. The Hall–Kier alpha value is -2.66. The van der Waals surface area contributed by atoms with Gasteiger partial charge < -0.3 is 15.0 Å². The largest absolute Gasteiger partial charge is 0.489 e. The van der Waals surface area contributed by atoms with Crippen molar-refractivity contribution in [3.63, 3.8) is 0 Å². The van der Waals surface area contributed by atoms with Crippen LogP contribution in [0.25, 0.3) is 11.4 Å². The van der Waals surface area contributed by atoms with E-state index < -0.39 is 0 Å². The molecule has 1 heterocycles. The normalized spacial score (nSPS) is 13.5. The molecule has 0 aliphatic heterocycles. The Bertz CT molecular complexity index is 767. The van der Waals surface area contributed by atoms with Crippen LogP contribution in [0.3, 0.4) is 0 Å². The van der Waals surface area contributed by atoms with Crippen LogP contribution < -0.4 is 10.5 Å². The second-order valence-electron chi connectivity index (χ2n) is 5.90. The summed E-state index contributed by atoms with van der Waals surface area (Å²) in [4.78, 5) is 4.44. The van der Waals surface area contributed by atoms with Gasteiger partial charge in [0.1, 0.15) is 12.4 Å². The summed E-state index contributed by atoms with van der Waals surface area (Å²) in [6, 6.07) is 17.7. The van der Waals surface area contributed by atoms with Gasteiger partial charge in [0.15, 0.2) is 0 Å². The highest BCUT2D eigenvalue weighted by molar-refractivity contribution is 5.54. The van der Waals surface area contributed by atoms with Crippen LogP contribution in [0.1, 0.15) is 31.2 Å². The van der Waals surface area contributed by atoms with E-state index in [-0.39, 0.29) is 12.0 Å². The molecule has 0 amide bonds. The number of rotatable bonds is 6. The van der Waals surface area contributed by atoms with Crippen LogP contribution in [0.2, 0.25) is 0 Å². The molecule has 0 radical (unpaired) electrons. The van der Waals surface area contributed by atoms with Gasteiger partial charge in [0, 0.05) is 11.6 Å². The first kappa shape index (κ1) is 16.2. The van der Waals surface area contributed by atoms with Gasteiger partial charge in [-0.1, -0.05) is 54.5 Å². The standard InChI is InChI=1S/C19H21N3O2/c1-13(14(2)20)19-21-18(22-24-19)16-10-8-15(9-11-16)12-23-17-6-4-3-5-7-17/h3-11,13-14H,12,20H2,1-2H3. The maximum atomic E-state index is 5.88. The molecule has 124 valence electrons. The van der Waals surface area contributed by atoms with Gasteiger partial charge in [-0.25, -0.2) is 0 Å². The predicted octanol–water partition coefficient (Wildman–Crippen LogP) is 3.77. The highest BCUT2D eigenvalue weighted by atomic mass is 16.5. The Balaban J connectivity index is 1.66. The molecule has 0 spiro atoms. The van der Waals surface area contributed by atoms with E-state index in [1.165, 1.54) is 0 Å². The zero-order valence-electron chi connectivity index (χ0n) is 13.8. The summed E-state index contributed by atoms with van der Waals surface area (Å²) in [7, 11) is 0. The molecule has 0 aliphatic rings. The lowest BCUT2D eigenvalue weighted by Crippen LogP contribution is -2.22. The number of ether oxygens (including phenoxy) is 1. The summed E-state index contributed by atoms with van der Waals surface area (Å²) in [6.07, 6.45) is 0. The summed E-state index contributed by atoms with van der Waals surface area (Å²) in [6.45, 7) is 4.42. The molecule has 3 rings (SSSR count). The SMILES string of the molecule is CC(N)C(C)c1nc(-c2ccc(COc3ccccc3)cc2)no1. The van der Waals surface area contributed by atoms with Gasteiger partial charge in [-0.05, 0) is 24.6 Å². The van der Waals surface area contributed by atoms with Gasteiger partial charge in [-0.2, -0.15) is 4.98 Å². The van der Waals surface area contributed by atoms with Crippen molar-refractivity contribution in [1.29, 1.82) is 0 Å². The first-order chi connectivity index (χ1) is 11.6. The van der Waals surface area contributed by atoms with E-state index >= 15 is 0 Å². The van der Waals surface area contributed by atoms with Crippen LogP contribution in [0.15, 0.2) is 59.1 Å². The van der Waals surface area contributed by atoms with Gasteiger partial charge in [0.05, 0.1) is 5.92 Å². The number of aromatic nitrogens is 2. The van der Waals surface area contributed by atoms with E-state index in [0.717, 1.165) is 16.9 Å². The molecule has 5 nitrogen and oxygen atoms in total. The van der Waals surface area contributed by atoms with Crippen molar-refractivity contribution in [3.05, 3.63) is 66.1 Å². The van der Waals surface area contributed by atoms with Gasteiger partial charge in [0.2, 0.25) is 11.7 Å². The zero-order valence-corrected chi connectivity index (χ0v) is 13.8. The van der Waals surface area contributed by atoms with Crippen molar-refractivity contribution < 1.29 is 9.26 Å². The predicted molar refractivity (Wildman–Crippen MR) is 92.6 cm³/mol. The molecular weight excluding hydrogens is 302 g/mol. The van der Waals surface area contributed by atoms with Crippen LogP contribution in [-0.4, -0.2) is 16.2 Å². The Labute approximate surface area is 141 Å². The fraction of sp³-hybridized carbons (Fsp3) is 0.263. The van der Waals surface area contributed by atoms with Gasteiger partial charge >= 0.3 is 0 Å². The molecular formula is C19H21N3O2. The van der Waals surface area contributed by atoms with E-state index in [9.17, 15) is 0 Å². The van der Waals surface area contributed by atoms with Crippen molar-refractivity contribution >= 4 is 0 Å². The van der Waals surface area contributed by atoms with Crippen molar-refractivity contribution in [3.8, 4) is 17.1 Å². The average Bonchev–Trinajstić information content (AvgIpc) is 3.10. The molecule has 0 bridgehead atoms. The topological polar surface area (TPSA) is 74.2 Å². The number of hydrogen-bond donors (Lipinski definition) is 1. The third-order valence-corrected chi connectivity index (χ3v) is 3.98. The number of benzene rings is 2. The first-order valence-corrected chi connectivity index (χ1v) is 8.00. The average molecular weight is 323 g/mol. The molecule has 2 aromatic carbocycles. The highest BCUT2D eigenvalue weighted by Crippen LogP contribution is 2.22. The Kier molecular flexibility index (Phi) is 4.91. The summed E-state index contributed by atoms with van der Waals surface area (Å²) < 4.78 is 11.0. The summed E-state index contributed by atoms with van der Waals surface area (Å²) in [5, 5.41) is 4.04. The molecule has 5 heteroatoms. The minimum atomic E-state index is -0.0317. The molecule has 0 saturated heterocycles. The zero-order chi connectivity index (χ0) is 16.9. The van der Waals surface area contributed by atoms with Crippen LogP contribution in [0.5, 0.6) is 5.75 Å². The number of hydrogen-bond acceptors (Lipinski definition) is 5. The fourth-order valence-electron chi connectivity index (χ4n) is 2.20. The summed E-state index contributed by atoms with van der Waals surface area (Å²) in [5.74, 6) is 2.03. The number of para-hydroxylation sites is 1. The van der Waals surface area contributed by atoms with E-state index in [1.807, 2.05) is 68.4 Å². The molecule has 3 aromatic rings. The molecule has 2 N–H and O–H groups in total. The molecule has 1 aromatic heterocycles. The van der Waals surface area contributed by atoms with E-state index in [4.69, 9.17) is 15.0 Å². The molecule has 24 heavy (non-hydrogen) atoms. The fourth-order valence-corrected chi connectivity index (χ4v) is 2.20. The highest BCUT2D eigenvalue weighted by Gasteiger charge is 2.18. The summed E-state index contributed by atoms with van der Waals surface area (Å²) >= 11 is 0. The van der Waals surface area contributed by atoms with Crippen molar-refractivity contribution in [2.45, 2.75) is 32.4 Å². The first-order valence-electron chi connectivity index (χ1n) is 8.00. The maximum absolute atomic E-state index is 5.88. The minimum Gasteiger partial charge on any atom is -0.489 e. The van der Waals surface area contributed by atoms with Gasteiger partial charge in [-0.3, -0.25) is 0 Å². The molecule has 2 atom stereocenters. The van der Waals surface area contributed by atoms with Crippen LogP contribution in [0, 0.1) is 0 Å². The Morgan fingerprint density at radius 3 is 2.42 bits per heavy atom. The van der Waals surface area contributed by atoms with Crippen molar-refractivity contribution in [2.24, 2.45) is 5.73 Å². The maximum Gasteiger partial charge on any atom is 0.231 e. The number of nitrogens with zero attached hydrogens (tertiary/aromatic N) is 2. The summed E-state index contributed by atoms with van der Waals surface area (Å²) in [5.41, 5.74) is 7.86. The molecule has 0 saturated carbocycles. The Morgan fingerprint density at radius 1 is 1.04 bits per heavy atom. The van der Waals surface area contributed by atoms with Crippen molar-refractivity contribution in [2.75, 3.05) is 0 Å². The monoisotopic (exact) mass is 323 g/mol.